The van der Waals surface area contributed by atoms with E-state index in [9.17, 15) is 24.3 Å². The second-order valence-corrected chi connectivity index (χ2v) is 11.3. The number of alkyl carbamates (subject to hydrolysis) is 1. The average Bonchev–Trinajstić information content (AvgIpc) is 3.35. The number of nitrogens with zero attached hydrogens (tertiary/aromatic N) is 2. The Kier molecular flexibility index (Phi) is 7.47. The van der Waals surface area contributed by atoms with E-state index in [1.54, 1.807) is 23.1 Å². The van der Waals surface area contributed by atoms with E-state index >= 15 is 0 Å². The Balaban J connectivity index is 1.53. The molecule has 0 aromatic heterocycles. The molecule has 8 nitrogen and oxygen atoms in total. The molecule has 2 amide bonds. The van der Waals surface area contributed by atoms with Crippen LogP contribution in [0.4, 0.5) is 14.9 Å². The summed E-state index contributed by atoms with van der Waals surface area (Å²) in [6, 6.07) is 11.4. The number of halogens is 2. The third-order valence-electron chi connectivity index (χ3n) is 6.84. The van der Waals surface area contributed by atoms with Gasteiger partial charge >= 0.3 is 6.09 Å². The summed E-state index contributed by atoms with van der Waals surface area (Å²) in [7, 11) is 0. The number of carbonyl (C=O) groups is 2. The molecule has 1 spiro atoms. The molecule has 1 unspecified atom stereocenters. The smallest absolute Gasteiger partial charge is 0.407 e. The molecule has 1 fully saturated rings. The number of likely N-dealkylation sites (tertiary alicyclic amines) is 1. The van der Waals surface area contributed by atoms with E-state index in [1.807, 2.05) is 20.8 Å². The molecule has 3 N–H and O–H groups in total. The topological polar surface area (TPSA) is 115 Å². The predicted octanol–water partition coefficient (Wildman–Crippen LogP) is 4.32. The fourth-order valence-electron chi connectivity index (χ4n) is 5.12. The van der Waals surface area contributed by atoms with Crippen LogP contribution < -0.4 is 10.6 Å². The van der Waals surface area contributed by atoms with Gasteiger partial charge in [0.2, 0.25) is 5.91 Å². The van der Waals surface area contributed by atoms with Crippen LogP contribution in [0.2, 0.25) is 5.02 Å². The van der Waals surface area contributed by atoms with Crippen LogP contribution in [0.25, 0.3) is 0 Å². The third kappa shape index (κ3) is 5.72. The van der Waals surface area contributed by atoms with Crippen LogP contribution in [0.15, 0.2) is 42.5 Å². The van der Waals surface area contributed by atoms with Crippen LogP contribution in [0.3, 0.4) is 0 Å². The fourth-order valence-corrected chi connectivity index (χ4v) is 5.29. The van der Waals surface area contributed by atoms with Gasteiger partial charge in [-0.2, -0.15) is 5.26 Å². The highest BCUT2D eigenvalue weighted by molar-refractivity contribution is 6.31. The quantitative estimate of drug-likeness (QED) is 0.514. The van der Waals surface area contributed by atoms with E-state index in [4.69, 9.17) is 16.3 Å². The number of nitriles is 1. The lowest BCUT2D eigenvalue weighted by Gasteiger charge is -2.36. The number of carbonyl (C=O) groups excluding carboxylic acids is 2. The Hall–Kier alpha value is -3.19. The monoisotopic (exact) mass is 528 g/mol. The Morgan fingerprint density at radius 2 is 2.05 bits per heavy atom. The minimum absolute atomic E-state index is 0.0736. The number of aliphatic hydroxyl groups is 1. The highest BCUT2D eigenvalue weighted by atomic mass is 35.5. The van der Waals surface area contributed by atoms with Gasteiger partial charge in [0.25, 0.3) is 0 Å². The van der Waals surface area contributed by atoms with Crippen molar-refractivity contribution in [2.24, 2.45) is 5.41 Å². The number of anilines is 1. The van der Waals surface area contributed by atoms with Crippen LogP contribution in [0.5, 0.6) is 0 Å². The fraction of sp³-hybridized carbons (Fsp3) is 0.444. The number of amides is 2. The SMILES string of the molecule is CC(C)(C)C[C@H](NC(=O)OCc1ccc(F)cc1)C(O)N1C[C@]2(C[C@H]1C#N)C(=O)Nc1ccc(Cl)cc12. The first-order chi connectivity index (χ1) is 17.4. The maximum atomic E-state index is 13.1. The summed E-state index contributed by atoms with van der Waals surface area (Å²) in [4.78, 5) is 27.4. The molecular weight excluding hydrogens is 499 g/mol. The van der Waals surface area contributed by atoms with Gasteiger partial charge in [-0.25, -0.2) is 9.18 Å². The standard InChI is InChI=1S/C27H30ClFN4O4/c1-26(2,3)12-22(32-25(36)37-14-16-4-7-18(29)8-5-16)23(34)33-15-27(11-19(33)13-30)20-10-17(28)6-9-21(20)31-24(27)35/h4-10,19,22-23,34H,11-12,14-15H2,1-3H3,(H,31,35)(H,32,36)/t19-,22-,23?,27-/m0/s1. The molecule has 4 atom stereocenters. The van der Waals surface area contributed by atoms with Crippen LogP contribution in [0, 0.1) is 22.6 Å². The zero-order chi connectivity index (χ0) is 27.0. The predicted molar refractivity (Wildman–Crippen MR) is 136 cm³/mol. The Morgan fingerprint density at radius 1 is 1.35 bits per heavy atom. The number of rotatable bonds is 6. The van der Waals surface area contributed by atoms with Gasteiger partial charge in [-0.15, -0.1) is 0 Å². The molecule has 10 heteroatoms. The van der Waals surface area contributed by atoms with E-state index < -0.39 is 35.6 Å². The van der Waals surface area contributed by atoms with Gasteiger partial charge in [-0.3, -0.25) is 9.69 Å². The molecule has 2 aliphatic rings. The molecule has 4 rings (SSSR count). The van der Waals surface area contributed by atoms with Crippen molar-refractivity contribution < 1.29 is 23.8 Å². The largest absolute Gasteiger partial charge is 0.445 e. The van der Waals surface area contributed by atoms with Crippen molar-refractivity contribution in [1.82, 2.24) is 10.2 Å². The highest BCUT2D eigenvalue weighted by Gasteiger charge is 2.56. The Labute approximate surface area is 220 Å². The number of aliphatic hydroxyl groups excluding tert-OH is 1. The maximum absolute atomic E-state index is 13.1. The van der Waals surface area contributed by atoms with Crippen LogP contribution in [-0.4, -0.2) is 46.9 Å². The molecule has 0 bridgehead atoms. The van der Waals surface area contributed by atoms with Crippen LogP contribution in [-0.2, 0) is 21.6 Å². The third-order valence-corrected chi connectivity index (χ3v) is 7.08. The molecule has 0 saturated carbocycles. The van der Waals surface area contributed by atoms with Gasteiger partial charge in [0.1, 0.15) is 24.7 Å². The number of benzene rings is 2. The summed E-state index contributed by atoms with van der Waals surface area (Å²) in [6.07, 6.45) is -1.47. The minimum atomic E-state index is -1.27. The second kappa shape index (κ2) is 10.3. The molecule has 2 heterocycles. The lowest BCUT2D eigenvalue weighted by Crippen LogP contribution is -2.55. The molecule has 2 aromatic rings. The number of nitrogens with one attached hydrogen (secondary N) is 2. The first-order valence-corrected chi connectivity index (χ1v) is 12.4. The van der Waals surface area contributed by atoms with Gasteiger partial charge in [-0.05, 0) is 59.7 Å². The number of hydrogen-bond acceptors (Lipinski definition) is 6. The van der Waals surface area contributed by atoms with E-state index in [-0.39, 0.29) is 30.9 Å². The van der Waals surface area contributed by atoms with E-state index in [2.05, 4.69) is 16.7 Å². The van der Waals surface area contributed by atoms with Crippen LogP contribution in [0.1, 0.15) is 44.7 Å². The number of hydrogen-bond donors (Lipinski definition) is 3. The van der Waals surface area contributed by atoms with Crippen molar-refractivity contribution in [2.45, 2.75) is 63.9 Å². The molecule has 0 radical (unpaired) electrons. The van der Waals surface area contributed by atoms with Crippen molar-refractivity contribution in [1.29, 1.82) is 5.26 Å². The van der Waals surface area contributed by atoms with Gasteiger partial charge in [0.05, 0.1) is 17.5 Å². The summed E-state index contributed by atoms with van der Waals surface area (Å²) in [5.41, 5.74) is 0.604. The number of fused-ring (bicyclic) bond motifs is 2. The molecule has 2 aromatic carbocycles. The summed E-state index contributed by atoms with van der Waals surface area (Å²) in [5, 5.41) is 27.5. The van der Waals surface area contributed by atoms with Crippen molar-refractivity contribution in [3.05, 3.63) is 64.4 Å². The average molecular weight is 529 g/mol. The van der Waals surface area contributed by atoms with Gasteiger partial charge < -0.3 is 20.5 Å². The lowest BCUT2D eigenvalue weighted by molar-refractivity contribution is -0.120. The molecule has 1 saturated heterocycles. The summed E-state index contributed by atoms with van der Waals surface area (Å²) < 4.78 is 18.4. The summed E-state index contributed by atoms with van der Waals surface area (Å²) in [5.74, 6) is -0.642. The van der Waals surface area contributed by atoms with Crippen molar-refractivity contribution in [3.8, 4) is 6.07 Å². The zero-order valence-electron chi connectivity index (χ0n) is 20.9. The Morgan fingerprint density at radius 3 is 2.70 bits per heavy atom. The highest BCUT2D eigenvalue weighted by Crippen LogP contribution is 2.47. The second-order valence-electron chi connectivity index (χ2n) is 10.9. The minimum Gasteiger partial charge on any atom is -0.445 e. The lowest BCUT2D eigenvalue weighted by atomic mass is 9.79. The molecule has 196 valence electrons. The maximum Gasteiger partial charge on any atom is 0.407 e. The molecule has 2 aliphatic heterocycles. The van der Waals surface area contributed by atoms with Crippen molar-refractivity contribution in [2.75, 3.05) is 11.9 Å². The van der Waals surface area contributed by atoms with Crippen molar-refractivity contribution in [3.63, 3.8) is 0 Å². The normalized spacial score (nSPS) is 22.7. The van der Waals surface area contributed by atoms with Crippen molar-refractivity contribution >= 4 is 29.3 Å². The van der Waals surface area contributed by atoms with Gasteiger partial charge in [0.15, 0.2) is 0 Å². The summed E-state index contributed by atoms with van der Waals surface area (Å²) >= 11 is 6.22. The molecule has 37 heavy (non-hydrogen) atoms. The van der Waals surface area contributed by atoms with Gasteiger partial charge in [-0.1, -0.05) is 44.5 Å². The zero-order valence-corrected chi connectivity index (χ0v) is 21.7. The van der Waals surface area contributed by atoms with E-state index in [0.717, 1.165) is 0 Å². The van der Waals surface area contributed by atoms with Crippen LogP contribution >= 0.6 is 11.6 Å². The molecular formula is C27H30ClFN4O4. The molecule has 0 aliphatic carbocycles. The van der Waals surface area contributed by atoms with Gasteiger partial charge in [0, 0.05) is 17.3 Å². The van der Waals surface area contributed by atoms with E-state index in [1.165, 1.54) is 24.3 Å². The number of ether oxygens (including phenoxy) is 1. The first kappa shape index (κ1) is 26.9. The summed E-state index contributed by atoms with van der Waals surface area (Å²) in [6.45, 7) is 5.91. The first-order valence-electron chi connectivity index (χ1n) is 12.0. The Bertz CT molecular complexity index is 1230. The van der Waals surface area contributed by atoms with E-state index in [0.29, 0.717) is 28.3 Å².